The highest BCUT2D eigenvalue weighted by molar-refractivity contribution is 4.81. The summed E-state index contributed by atoms with van der Waals surface area (Å²) >= 11 is 0. The van der Waals surface area contributed by atoms with Crippen molar-refractivity contribution in [3.05, 3.63) is 0 Å². The van der Waals surface area contributed by atoms with Crippen LogP contribution in [0.3, 0.4) is 0 Å². The van der Waals surface area contributed by atoms with E-state index in [0.29, 0.717) is 72.6 Å². The van der Waals surface area contributed by atoms with Crippen molar-refractivity contribution in [2.45, 2.75) is 405 Å². The van der Waals surface area contributed by atoms with Crippen LogP contribution in [0.15, 0.2) is 0 Å². The van der Waals surface area contributed by atoms with Crippen molar-refractivity contribution in [1.29, 1.82) is 0 Å². The highest BCUT2D eigenvalue weighted by Crippen LogP contribution is 2.28. The van der Waals surface area contributed by atoms with Crippen LogP contribution in [0.4, 0.5) is 0 Å². The lowest BCUT2D eigenvalue weighted by molar-refractivity contribution is -0.0698. The second kappa shape index (κ2) is 80.4. The Kier molecular flexibility index (Phi) is 78.5. The Bertz CT molecular complexity index is 2130. The van der Waals surface area contributed by atoms with E-state index in [0.717, 1.165) is 215 Å². The van der Waals surface area contributed by atoms with Crippen molar-refractivity contribution < 1.29 is 62.7 Å². The van der Waals surface area contributed by atoms with Crippen LogP contribution in [-0.2, 0) is 47.4 Å². The zero-order chi connectivity index (χ0) is 92.7. The van der Waals surface area contributed by atoms with Crippen LogP contribution in [0.2, 0.25) is 0 Å². The topological polar surface area (TPSA) is 185 Å². The first-order valence-electron chi connectivity index (χ1n) is 52.1. The quantitative estimate of drug-likeness (QED) is 0.0489. The van der Waals surface area contributed by atoms with Gasteiger partial charge in [-0.3, -0.25) is 9.80 Å². The third-order valence-corrected chi connectivity index (χ3v) is 23.6. The van der Waals surface area contributed by atoms with Crippen molar-refractivity contribution in [1.82, 2.24) is 49.0 Å². The van der Waals surface area contributed by atoms with Crippen molar-refractivity contribution >= 4 is 0 Å². The van der Waals surface area contributed by atoms with E-state index in [1.54, 1.807) is 0 Å². The molecule has 0 radical (unpaired) electrons. The van der Waals surface area contributed by atoms with E-state index in [-0.39, 0.29) is 18.3 Å². The Balaban J connectivity index is 0.000000704. The normalized spacial score (nSPS) is 22.7. The lowest BCUT2D eigenvalue weighted by Crippen LogP contribution is -2.45. The van der Waals surface area contributed by atoms with Crippen molar-refractivity contribution in [3.8, 4) is 0 Å². The molecule has 0 aliphatic carbocycles. The monoisotopic (exact) mass is 1790 g/mol. The molecule has 0 amide bonds. The average Bonchev–Trinajstić information content (AvgIpc) is 0.840. The van der Waals surface area contributed by atoms with E-state index in [2.05, 4.69) is 208 Å². The molecule has 9 rings (SSSR count). The fourth-order valence-electron chi connectivity index (χ4n) is 16.9. The summed E-state index contributed by atoms with van der Waals surface area (Å²) in [5.41, 5.74) is 0.525. The van der Waals surface area contributed by atoms with E-state index in [1.165, 1.54) is 201 Å². The van der Waals surface area contributed by atoms with Gasteiger partial charge in [0.05, 0.1) is 98.7 Å². The van der Waals surface area contributed by atoms with Gasteiger partial charge in [-0.25, -0.2) is 0 Å². The summed E-state index contributed by atoms with van der Waals surface area (Å²) in [7, 11) is 2.18. The van der Waals surface area contributed by atoms with Gasteiger partial charge in [-0.1, -0.05) is 33.1 Å². The van der Waals surface area contributed by atoms with E-state index >= 15 is 0 Å². The number of ether oxygens (including phenoxy) is 10. The number of piperazine rings is 1. The van der Waals surface area contributed by atoms with Gasteiger partial charge in [0, 0.05) is 158 Å². The number of nitrogens with zero attached hydrogens (tertiary/aromatic N) is 10. The summed E-state index contributed by atoms with van der Waals surface area (Å²) in [6.45, 7) is 88.0. The first-order valence-corrected chi connectivity index (χ1v) is 52.1. The molecule has 3 N–H and O–H groups in total. The number of unbranched alkanes of at least 4 members (excludes halogenated alkanes) is 2. The van der Waals surface area contributed by atoms with E-state index in [9.17, 15) is 15.3 Å². The minimum Gasteiger partial charge on any atom is -0.392 e. The predicted molar refractivity (Wildman–Crippen MR) is 527 cm³/mol. The molecule has 0 aromatic heterocycles. The van der Waals surface area contributed by atoms with Crippen molar-refractivity contribution in [2.24, 2.45) is 5.41 Å². The van der Waals surface area contributed by atoms with Crippen LogP contribution in [0, 0.1) is 5.41 Å². The maximum atomic E-state index is 9.45. The van der Waals surface area contributed by atoms with Crippen LogP contribution in [0.5, 0.6) is 0 Å². The van der Waals surface area contributed by atoms with Gasteiger partial charge in [0.1, 0.15) is 0 Å². The molecule has 0 bridgehead atoms. The molecule has 9 aliphatic rings. The Morgan fingerprint density at radius 1 is 0.256 bits per heavy atom. The average molecular weight is 1790 g/mol. The third kappa shape index (κ3) is 80.1. The van der Waals surface area contributed by atoms with Gasteiger partial charge >= 0.3 is 0 Å². The molecule has 23 nitrogen and oxygen atoms in total. The van der Waals surface area contributed by atoms with Gasteiger partial charge in [-0.2, -0.15) is 0 Å². The van der Waals surface area contributed by atoms with Crippen LogP contribution < -0.4 is 0 Å². The number of aliphatic hydroxyl groups is 3. The summed E-state index contributed by atoms with van der Waals surface area (Å²) < 4.78 is 55.2. The largest absolute Gasteiger partial charge is 0.392 e. The maximum absolute atomic E-state index is 9.45. The minimum absolute atomic E-state index is 0.102. The zero-order valence-corrected chi connectivity index (χ0v) is 86.7. The lowest BCUT2D eigenvalue weighted by atomic mass is 9.84. The van der Waals surface area contributed by atoms with Crippen LogP contribution in [0.25, 0.3) is 0 Å². The number of rotatable bonds is 45. The van der Waals surface area contributed by atoms with Crippen molar-refractivity contribution in [2.75, 3.05) is 256 Å². The number of piperidine rings is 7. The number of hydrogen-bond donors (Lipinski definition) is 3. The number of morpholine rings is 1. The molecule has 3 unspecified atom stereocenters. The Labute approximate surface area is 774 Å². The Morgan fingerprint density at radius 2 is 0.496 bits per heavy atom. The molecule has 0 aromatic rings. The second-order valence-corrected chi connectivity index (χ2v) is 40.7. The van der Waals surface area contributed by atoms with Gasteiger partial charge in [-0.15, -0.1) is 0 Å². The zero-order valence-electron chi connectivity index (χ0n) is 86.7. The number of aliphatic hydroxyl groups excluding tert-OH is 3. The minimum atomic E-state index is -0.102. The van der Waals surface area contributed by atoms with Crippen LogP contribution >= 0.6 is 0 Å². The summed E-state index contributed by atoms with van der Waals surface area (Å²) in [4.78, 5) is 24.6. The molecular weight excluding hydrogens is 1570 g/mol. The molecule has 9 heterocycles. The first kappa shape index (κ1) is 122. The SMILES string of the molecule is CC(C)OCCCCN1CCCCC1.CC(C)OCCCCN1CCCCC1.CC(C)OCCCN1CC(C)OC(C)C1.CC(C)OCCCN1CCCC(C)(C)C1.CC(C)OCCCN1CCCC(O)C1.CC(C)OCCCN1CCC[C@@H](O)C1.CC(C)OCCCN1CCC[C@H](O)C1.CC(C)OCCN1CCCCC1.CC(C)OCCN1CCN(C)CC1. The molecule has 0 spiro atoms. The van der Waals surface area contributed by atoms with Gasteiger partial charge < -0.3 is 102 Å². The molecular formula is C102H214N10O13. The smallest absolute Gasteiger partial charge is 0.0678 e. The Morgan fingerprint density at radius 3 is 0.784 bits per heavy atom. The first-order chi connectivity index (χ1) is 59.7. The molecule has 125 heavy (non-hydrogen) atoms. The molecule has 9 aliphatic heterocycles. The predicted octanol–water partition coefficient (Wildman–Crippen LogP) is 16.5. The van der Waals surface area contributed by atoms with Gasteiger partial charge in [0.25, 0.3) is 0 Å². The van der Waals surface area contributed by atoms with E-state index < -0.39 is 0 Å². The summed E-state index contributed by atoms with van der Waals surface area (Å²) in [5, 5.41) is 28.4. The fraction of sp³-hybridized carbons (Fsp3) is 1.00. The molecule has 0 saturated carbocycles. The summed E-state index contributed by atoms with van der Waals surface area (Å²) in [6.07, 6.45) is 36.0. The highest BCUT2D eigenvalue weighted by Gasteiger charge is 2.27. The van der Waals surface area contributed by atoms with E-state index in [1.807, 2.05) is 0 Å². The van der Waals surface area contributed by atoms with Crippen molar-refractivity contribution in [3.63, 3.8) is 0 Å². The molecule has 750 valence electrons. The van der Waals surface area contributed by atoms with E-state index in [4.69, 9.17) is 47.4 Å². The summed E-state index contributed by atoms with van der Waals surface area (Å²) in [5.74, 6) is 0. The lowest BCUT2D eigenvalue weighted by Gasteiger charge is -2.38. The molecule has 9 fully saturated rings. The maximum Gasteiger partial charge on any atom is 0.0678 e. The molecule has 5 atom stereocenters. The second-order valence-electron chi connectivity index (χ2n) is 40.7. The van der Waals surface area contributed by atoms with Gasteiger partial charge in [0.2, 0.25) is 0 Å². The number of likely N-dealkylation sites (tertiary alicyclic amines) is 7. The number of likely N-dealkylation sites (N-methyl/N-ethyl adjacent to an activating group) is 1. The Hall–Kier alpha value is -0.920. The summed E-state index contributed by atoms with van der Waals surface area (Å²) in [6, 6.07) is 0. The highest BCUT2D eigenvalue weighted by atomic mass is 16.5. The fourth-order valence-corrected chi connectivity index (χ4v) is 16.9. The third-order valence-electron chi connectivity index (χ3n) is 23.6. The van der Waals surface area contributed by atoms with Gasteiger partial charge in [0.15, 0.2) is 0 Å². The van der Waals surface area contributed by atoms with Crippen LogP contribution in [-0.4, -0.2) is 406 Å². The standard InChI is InChI=1S/C13H27NO.C12H25NO2.2C12H25NO.3C11H23NO2.C10H22N2O.C10H21NO/c1-12(2)15-10-6-9-14-8-5-7-13(3,4)11-14;1-10(2)14-7-5-6-13-8-11(3)15-12(4)9-13;2*1-12(2)14-11-7-6-10-13-8-4-3-5-9-13;3*1-10(2)14-8-4-7-12-6-3-5-11(13)9-12;1-10(2)13-9-8-12-6-4-11(3)5-7-12;1-10(2)12-9-8-11-6-4-3-5-7-11/h12H,5-11H2,1-4H3;10-12H,5-9H2,1-4H3;2*12H,3-11H2,1-2H3;3*10-11,13H,3-9H2,1-2H3;10H,4-9H2,1-3H3;10H,3-9H2,1-2H3/t;;;;2*11-;;;/m....10.../s1. The number of hydrogen-bond acceptors (Lipinski definition) is 23. The molecule has 0 aromatic carbocycles. The molecule has 23 heteroatoms. The molecule has 9 saturated heterocycles. The number of β-amino-alcohol motifs (C(OH)–C–C–N with tert-alkyl or cyclic N) is 3. The van der Waals surface area contributed by atoms with Gasteiger partial charge in [-0.05, 0) is 377 Å². The van der Waals surface area contributed by atoms with Crippen LogP contribution in [0.1, 0.15) is 319 Å².